The molecule has 1 fully saturated rings. The van der Waals surface area contributed by atoms with Crippen molar-refractivity contribution in [2.24, 2.45) is 5.92 Å². The highest BCUT2D eigenvalue weighted by Gasteiger charge is 2.15. The van der Waals surface area contributed by atoms with Crippen LogP contribution >= 0.6 is 0 Å². The molecule has 0 aromatic carbocycles. The van der Waals surface area contributed by atoms with Gasteiger partial charge in [0.15, 0.2) is 0 Å². The molecule has 66 valence electrons. The predicted octanol–water partition coefficient (Wildman–Crippen LogP) is -0.434. The standard InChI is InChI=1S/C8H18N2O/c1-7(2-3-11)4-10-8-5-9-6-8/h7-11H,2-6H2,1H3. The van der Waals surface area contributed by atoms with E-state index < -0.39 is 0 Å². The molecule has 0 spiro atoms. The van der Waals surface area contributed by atoms with Crippen LogP contribution < -0.4 is 10.6 Å². The van der Waals surface area contributed by atoms with E-state index in [0.29, 0.717) is 18.6 Å². The van der Waals surface area contributed by atoms with Crippen molar-refractivity contribution >= 4 is 0 Å². The van der Waals surface area contributed by atoms with Crippen molar-refractivity contribution < 1.29 is 5.11 Å². The first-order valence-corrected chi connectivity index (χ1v) is 4.38. The average Bonchev–Trinajstić information content (AvgIpc) is 1.85. The molecule has 0 amide bonds. The third kappa shape index (κ3) is 3.18. The zero-order chi connectivity index (χ0) is 8.10. The third-order valence-corrected chi connectivity index (χ3v) is 2.16. The highest BCUT2D eigenvalue weighted by molar-refractivity contribution is 4.81. The fraction of sp³-hybridized carbons (Fsp3) is 1.00. The Morgan fingerprint density at radius 3 is 2.82 bits per heavy atom. The molecule has 1 aliphatic heterocycles. The summed E-state index contributed by atoms with van der Waals surface area (Å²) < 4.78 is 0. The molecule has 1 saturated heterocycles. The van der Waals surface area contributed by atoms with E-state index >= 15 is 0 Å². The van der Waals surface area contributed by atoms with Crippen LogP contribution in [0.15, 0.2) is 0 Å². The van der Waals surface area contributed by atoms with Crippen molar-refractivity contribution in [2.45, 2.75) is 19.4 Å². The molecule has 3 N–H and O–H groups in total. The number of hydrogen-bond acceptors (Lipinski definition) is 3. The Kier molecular flexibility index (Phi) is 3.83. The Bertz CT molecular complexity index is 104. The van der Waals surface area contributed by atoms with Crippen LogP contribution in [-0.4, -0.2) is 37.4 Å². The van der Waals surface area contributed by atoms with Crippen LogP contribution in [0.3, 0.4) is 0 Å². The van der Waals surface area contributed by atoms with E-state index in [1.165, 1.54) is 0 Å². The molecule has 0 aromatic rings. The first-order chi connectivity index (χ1) is 5.33. The molecule has 0 radical (unpaired) electrons. The zero-order valence-electron chi connectivity index (χ0n) is 7.14. The molecule has 11 heavy (non-hydrogen) atoms. The van der Waals surface area contributed by atoms with Crippen molar-refractivity contribution in [3.63, 3.8) is 0 Å². The molecular weight excluding hydrogens is 140 g/mol. The Labute approximate surface area is 68.2 Å². The first kappa shape index (κ1) is 8.97. The predicted molar refractivity (Wildman–Crippen MR) is 45.5 cm³/mol. The topological polar surface area (TPSA) is 44.3 Å². The van der Waals surface area contributed by atoms with Crippen LogP contribution in [0.25, 0.3) is 0 Å². The minimum Gasteiger partial charge on any atom is -0.396 e. The van der Waals surface area contributed by atoms with Gasteiger partial charge in [0, 0.05) is 25.7 Å². The van der Waals surface area contributed by atoms with Gasteiger partial charge in [0.2, 0.25) is 0 Å². The maximum absolute atomic E-state index is 8.63. The van der Waals surface area contributed by atoms with E-state index in [2.05, 4.69) is 17.6 Å². The fourth-order valence-electron chi connectivity index (χ4n) is 1.12. The van der Waals surface area contributed by atoms with Crippen molar-refractivity contribution in [1.29, 1.82) is 0 Å². The van der Waals surface area contributed by atoms with E-state index in [0.717, 1.165) is 26.1 Å². The van der Waals surface area contributed by atoms with E-state index in [1.54, 1.807) is 0 Å². The molecule has 1 aliphatic rings. The Hall–Kier alpha value is -0.120. The number of nitrogens with one attached hydrogen (secondary N) is 2. The van der Waals surface area contributed by atoms with Gasteiger partial charge in [-0.3, -0.25) is 0 Å². The molecule has 0 aliphatic carbocycles. The molecule has 1 rings (SSSR count). The summed E-state index contributed by atoms with van der Waals surface area (Å²) in [7, 11) is 0. The molecule has 0 saturated carbocycles. The maximum atomic E-state index is 8.63. The lowest BCUT2D eigenvalue weighted by molar-refractivity contribution is 0.252. The molecule has 1 unspecified atom stereocenters. The van der Waals surface area contributed by atoms with Crippen molar-refractivity contribution in [3.05, 3.63) is 0 Å². The van der Waals surface area contributed by atoms with Crippen LogP contribution in [0.4, 0.5) is 0 Å². The second kappa shape index (κ2) is 4.70. The summed E-state index contributed by atoms with van der Waals surface area (Å²) in [6, 6.07) is 0.677. The van der Waals surface area contributed by atoms with Gasteiger partial charge < -0.3 is 15.7 Å². The summed E-state index contributed by atoms with van der Waals surface area (Å²) >= 11 is 0. The number of hydrogen-bond donors (Lipinski definition) is 3. The van der Waals surface area contributed by atoms with E-state index in [1.807, 2.05) is 0 Å². The van der Waals surface area contributed by atoms with Crippen LogP contribution in [0.5, 0.6) is 0 Å². The fourth-order valence-corrected chi connectivity index (χ4v) is 1.12. The lowest BCUT2D eigenvalue weighted by atomic mass is 10.1. The second-order valence-electron chi connectivity index (χ2n) is 3.38. The monoisotopic (exact) mass is 158 g/mol. The highest BCUT2D eigenvalue weighted by Crippen LogP contribution is 1.99. The molecule has 3 heteroatoms. The summed E-state index contributed by atoms with van der Waals surface area (Å²) in [6.07, 6.45) is 0.910. The molecule has 1 atom stereocenters. The van der Waals surface area contributed by atoms with Crippen LogP contribution in [0.1, 0.15) is 13.3 Å². The average molecular weight is 158 g/mol. The Morgan fingerprint density at radius 2 is 2.36 bits per heavy atom. The molecule has 1 heterocycles. The van der Waals surface area contributed by atoms with Gasteiger partial charge in [-0.1, -0.05) is 6.92 Å². The molecule has 0 aromatic heterocycles. The number of rotatable bonds is 5. The molecular formula is C8H18N2O. The summed E-state index contributed by atoms with van der Waals surface area (Å²) in [5.41, 5.74) is 0. The largest absolute Gasteiger partial charge is 0.396 e. The van der Waals surface area contributed by atoms with Gasteiger partial charge >= 0.3 is 0 Å². The SMILES string of the molecule is CC(CCO)CNC1CNC1. The number of aliphatic hydroxyl groups is 1. The Morgan fingerprint density at radius 1 is 1.64 bits per heavy atom. The van der Waals surface area contributed by atoms with Gasteiger partial charge in [-0.15, -0.1) is 0 Å². The summed E-state index contributed by atoms with van der Waals surface area (Å²) in [5, 5.41) is 15.3. The highest BCUT2D eigenvalue weighted by atomic mass is 16.3. The van der Waals surface area contributed by atoms with Gasteiger partial charge in [-0.05, 0) is 18.9 Å². The number of aliphatic hydroxyl groups excluding tert-OH is 1. The normalized spacial score (nSPS) is 21.3. The van der Waals surface area contributed by atoms with Gasteiger partial charge in [0.25, 0.3) is 0 Å². The lowest BCUT2D eigenvalue weighted by Crippen LogP contribution is -2.56. The third-order valence-electron chi connectivity index (χ3n) is 2.16. The van der Waals surface area contributed by atoms with Crippen LogP contribution in [0.2, 0.25) is 0 Å². The van der Waals surface area contributed by atoms with Crippen LogP contribution in [0, 0.1) is 5.92 Å². The van der Waals surface area contributed by atoms with Crippen molar-refractivity contribution in [2.75, 3.05) is 26.2 Å². The summed E-state index contributed by atoms with van der Waals surface area (Å²) in [6.45, 7) is 5.71. The Balaban J connectivity index is 1.92. The van der Waals surface area contributed by atoms with Gasteiger partial charge in [-0.2, -0.15) is 0 Å². The summed E-state index contributed by atoms with van der Waals surface area (Å²) in [5.74, 6) is 0.598. The van der Waals surface area contributed by atoms with Gasteiger partial charge in [0.1, 0.15) is 0 Å². The van der Waals surface area contributed by atoms with Crippen molar-refractivity contribution in [1.82, 2.24) is 10.6 Å². The second-order valence-corrected chi connectivity index (χ2v) is 3.38. The smallest absolute Gasteiger partial charge is 0.0434 e. The molecule has 3 nitrogen and oxygen atoms in total. The van der Waals surface area contributed by atoms with Gasteiger partial charge in [0.05, 0.1) is 0 Å². The van der Waals surface area contributed by atoms with Crippen molar-refractivity contribution in [3.8, 4) is 0 Å². The van der Waals surface area contributed by atoms with E-state index in [9.17, 15) is 0 Å². The quantitative estimate of drug-likeness (QED) is 0.508. The minimum atomic E-state index is 0.311. The minimum absolute atomic E-state index is 0.311. The van der Waals surface area contributed by atoms with Crippen LogP contribution in [-0.2, 0) is 0 Å². The van der Waals surface area contributed by atoms with E-state index in [-0.39, 0.29) is 0 Å². The van der Waals surface area contributed by atoms with Gasteiger partial charge in [-0.25, -0.2) is 0 Å². The summed E-state index contributed by atoms with van der Waals surface area (Å²) in [4.78, 5) is 0. The zero-order valence-corrected chi connectivity index (χ0v) is 7.14. The first-order valence-electron chi connectivity index (χ1n) is 4.38. The molecule has 0 bridgehead atoms. The lowest BCUT2D eigenvalue weighted by Gasteiger charge is -2.29. The van der Waals surface area contributed by atoms with E-state index in [4.69, 9.17) is 5.11 Å². The maximum Gasteiger partial charge on any atom is 0.0434 e.